The molecule has 1 aliphatic carbocycles. The molecule has 0 aromatic rings. The van der Waals surface area contributed by atoms with Crippen LogP contribution in [0.2, 0.25) is 0 Å². The molecule has 0 aromatic heterocycles. The lowest BCUT2D eigenvalue weighted by atomic mass is 9.84. The summed E-state index contributed by atoms with van der Waals surface area (Å²) in [4.78, 5) is 24.4. The third-order valence-electron chi connectivity index (χ3n) is 3.77. The number of nitrogens with zero attached hydrogens (tertiary/aromatic N) is 1. The van der Waals surface area contributed by atoms with Crippen molar-refractivity contribution in [1.29, 1.82) is 0 Å². The number of amides is 1. The third kappa shape index (κ3) is 3.98. The number of likely N-dealkylation sites (N-methyl/N-ethyl adjacent to an activating group) is 1. The van der Waals surface area contributed by atoms with E-state index in [1.165, 1.54) is 31.2 Å². The molecule has 1 aliphatic rings. The highest BCUT2D eigenvalue weighted by atomic mass is 16.4. The fraction of sp³-hybridized carbons (Fsp3) is 0.846. The van der Waals surface area contributed by atoms with Crippen molar-refractivity contribution in [2.75, 3.05) is 7.05 Å². The molecule has 0 radical (unpaired) electrons. The van der Waals surface area contributed by atoms with Crippen molar-refractivity contribution in [3.8, 4) is 0 Å². The van der Waals surface area contributed by atoms with Gasteiger partial charge in [0.05, 0.1) is 6.04 Å². The number of carboxylic acid groups (broad SMARTS) is 1. The highest BCUT2D eigenvalue weighted by Gasteiger charge is 2.30. The minimum Gasteiger partial charge on any atom is -0.480 e. The van der Waals surface area contributed by atoms with Crippen LogP contribution in [0.4, 0.5) is 0 Å². The maximum atomic E-state index is 11.8. The van der Waals surface area contributed by atoms with Crippen molar-refractivity contribution < 1.29 is 14.7 Å². The van der Waals surface area contributed by atoms with E-state index in [0.717, 1.165) is 12.8 Å². The van der Waals surface area contributed by atoms with Crippen LogP contribution in [-0.2, 0) is 9.59 Å². The number of carbonyl (C=O) groups excluding carboxylic acids is 1. The Kier molecular flexibility index (Phi) is 5.59. The maximum Gasteiger partial charge on any atom is 0.326 e. The Morgan fingerprint density at radius 1 is 1.33 bits per heavy atom. The van der Waals surface area contributed by atoms with E-state index in [1.54, 1.807) is 6.92 Å². The van der Waals surface area contributed by atoms with Gasteiger partial charge in [0.15, 0.2) is 0 Å². The lowest BCUT2D eigenvalue weighted by Crippen LogP contribution is -2.49. The molecule has 0 heterocycles. The SMILES string of the molecule is C[C@H](N)C(=O)N(C)[C@@H](CC1CCCCC1)C(=O)O. The number of rotatable bonds is 5. The number of aliphatic carboxylic acids is 1. The number of carboxylic acids is 1. The summed E-state index contributed by atoms with van der Waals surface area (Å²) in [5.74, 6) is -0.821. The monoisotopic (exact) mass is 256 g/mol. The lowest BCUT2D eigenvalue weighted by molar-refractivity contribution is -0.150. The molecular formula is C13H24N2O3. The van der Waals surface area contributed by atoms with Gasteiger partial charge in [-0.05, 0) is 19.3 Å². The van der Waals surface area contributed by atoms with Crippen molar-refractivity contribution in [1.82, 2.24) is 4.90 Å². The largest absolute Gasteiger partial charge is 0.480 e. The molecule has 1 amide bonds. The van der Waals surface area contributed by atoms with Gasteiger partial charge in [-0.1, -0.05) is 32.1 Å². The van der Waals surface area contributed by atoms with Gasteiger partial charge in [0.2, 0.25) is 5.91 Å². The van der Waals surface area contributed by atoms with E-state index < -0.39 is 18.1 Å². The molecule has 104 valence electrons. The Balaban J connectivity index is 2.63. The molecule has 2 atom stereocenters. The first-order chi connectivity index (χ1) is 8.43. The van der Waals surface area contributed by atoms with Gasteiger partial charge in [0.1, 0.15) is 6.04 Å². The number of hydrogen-bond donors (Lipinski definition) is 2. The fourth-order valence-corrected chi connectivity index (χ4v) is 2.64. The summed E-state index contributed by atoms with van der Waals surface area (Å²) < 4.78 is 0. The Morgan fingerprint density at radius 3 is 2.33 bits per heavy atom. The molecule has 1 saturated carbocycles. The zero-order chi connectivity index (χ0) is 13.7. The van der Waals surface area contributed by atoms with E-state index in [1.807, 2.05) is 0 Å². The molecule has 0 saturated heterocycles. The molecule has 0 spiro atoms. The zero-order valence-electron chi connectivity index (χ0n) is 11.3. The summed E-state index contributed by atoms with van der Waals surface area (Å²) in [6.45, 7) is 1.58. The molecule has 0 aliphatic heterocycles. The van der Waals surface area contributed by atoms with Crippen LogP contribution in [0.25, 0.3) is 0 Å². The predicted molar refractivity (Wildman–Crippen MR) is 69.0 cm³/mol. The Labute approximate surface area is 108 Å². The summed E-state index contributed by atoms with van der Waals surface area (Å²) in [6.07, 6.45) is 6.27. The summed E-state index contributed by atoms with van der Waals surface area (Å²) in [5, 5.41) is 9.27. The fourth-order valence-electron chi connectivity index (χ4n) is 2.64. The average Bonchev–Trinajstić information content (AvgIpc) is 2.35. The maximum absolute atomic E-state index is 11.8. The summed E-state index contributed by atoms with van der Waals surface area (Å²) >= 11 is 0. The number of carbonyl (C=O) groups is 2. The van der Waals surface area contributed by atoms with Crippen LogP contribution < -0.4 is 5.73 Å². The summed E-state index contributed by atoms with van der Waals surface area (Å²) in [5.41, 5.74) is 5.52. The van der Waals surface area contributed by atoms with E-state index in [4.69, 9.17) is 5.73 Å². The van der Waals surface area contributed by atoms with Crippen LogP contribution in [-0.4, -0.2) is 41.0 Å². The summed E-state index contributed by atoms with van der Waals surface area (Å²) in [6, 6.07) is -1.39. The average molecular weight is 256 g/mol. The second-order valence-corrected chi connectivity index (χ2v) is 5.33. The van der Waals surface area contributed by atoms with Gasteiger partial charge in [-0.15, -0.1) is 0 Å². The molecule has 5 nitrogen and oxygen atoms in total. The molecule has 5 heteroatoms. The normalized spacial score (nSPS) is 20.2. The van der Waals surface area contributed by atoms with E-state index in [-0.39, 0.29) is 5.91 Å². The highest BCUT2D eigenvalue weighted by molar-refractivity contribution is 5.86. The van der Waals surface area contributed by atoms with Crippen molar-refractivity contribution in [3.63, 3.8) is 0 Å². The molecule has 18 heavy (non-hydrogen) atoms. The van der Waals surface area contributed by atoms with Crippen LogP contribution in [0.1, 0.15) is 45.4 Å². The predicted octanol–water partition coefficient (Wildman–Crippen LogP) is 1.22. The molecule has 0 aromatic carbocycles. The van der Waals surface area contributed by atoms with Crippen molar-refractivity contribution in [2.45, 2.75) is 57.5 Å². The van der Waals surface area contributed by atoms with Crippen molar-refractivity contribution >= 4 is 11.9 Å². The van der Waals surface area contributed by atoms with E-state index in [9.17, 15) is 14.7 Å². The first-order valence-electron chi connectivity index (χ1n) is 6.68. The van der Waals surface area contributed by atoms with Gasteiger partial charge < -0.3 is 15.7 Å². The van der Waals surface area contributed by atoms with Crippen LogP contribution in [0.3, 0.4) is 0 Å². The second-order valence-electron chi connectivity index (χ2n) is 5.33. The van der Waals surface area contributed by atoms with E-state index in [0.29, 0.717) is 12.3 Å². The van der Waals surface area contributed by atoms with Gasteiger partial charge >= 0.3 is 5.97 Å². The van der Waals surface area contributed by atoms with Crippen LogP contribution in [0.15, 0.2) is 0 Å². The topological polar surface area (TPSA) is 83.6 Å². The second kappa shape index (κ2) is 6.73. The number of hydrogen-bond acceptors (Lipinski definition) is 3. The number of nitrogens with two attached hydrogens (primary N) is 1. The Morgan fingerprint density at radius 2 is 1.89 bits per heavy atom. The molecule has 3 N–H and O–H groups in total. The molecule has 1 rings (SSSR count). The van der Waals surface area contributed by atoms with Crippen LogP contribution in [0.5, 0.6) is 0 Å². The van der Waals surface area contributed by atoms with Crippen molar-refractivity contribution in [3.05, 3.63) is 0 Å². The van der Waals surface area contributed by atoms with E-state index in [2.05, 4.69) is 0 Å². The Hall–Kier alpha value is -1.10. The highest BCUT2D eigenvalue weighted by Crippen LogP contribution is 2.28. The van der Waals surface area contributed by atoms with E-state index >= 15 is 0 Å². The Bertz CT molecular complexity index is 299. The molecule has 1 fully saturated rings. The standard InChI is InChI=1S/C13H24N2O3/c1-9(14)12(16)15(2)11(13(17)18)8-10-6-4-3-5-7-10/h9-11H,3-8,14H2,1-2H3,(H,17,18)/t9-,11-/m0/s1. The van der Waals surface area contributed by atoms with Gasteiger partial charge in [-0.25, -0.2) is 4.79 Å². The molecule has 0 unspecified atom stereocenters. The molecule has 0 bridgehead atoms. The first kappa shape index (κ1) is 15.0. The third-order valence-corrected chi connectivity index (χ3v) is 3.77. The quantitative estimate of drug-likeness (QED) is 0.774. The smallest absolute Gasteiger partial charge is 0.326 e. The van der Waals surface area contributed by atoms with Gasteiger partial charge in [-0.2, -0.15) is 0 Å². The summed E-state index contributed by atoms with van der Waals surface area (Å²) in [7, 11) is 1.54. The van der Waals surface area contributed by atoms with Crippen LogP contribution in [0, 0.1) is 5.92 Å². The van der Waals surface area contributed by atoms with Gasteiger partial charge in [0, 0.05) is 7.05 Å². The van der Waals surface area contributed by atoms with Crippen LogP contribution >= 0.6 is 0 Å². The molecular weight excluding hydrogens is 232 g/mol. The van der Waals surface area contributed by atoms with Gasteiger partial charge in [0.25, 0.3) is 0 Å². The zero-order valence-corrected chi connectivity index (χ0v) is 11.3. The van der Waals surface area contributed by atoms with Gasteiger partial charge in [-0.3, -0.25) is 4.79 Å². The minimum atomic E-state index is -0.933. The first-order valence-corrected chi connectivity index (χ1v) is 6.68. The minimum absolute atomic E-state index is 0.307. The van der Waals surface area contributed by atoms with Crippen molar-refractivity contribution in [2.24, 2.45) is 11.7 Å². The lowest BCUT2D eigenvalue weighted by Gasteiger charge is -2.30.